The second-order valence-corrected chi connectivity index (χ2v) is 7.44. The van der Waals surface area contributed by atoms with Gasteiger partial charge in [0.1, 0.15) is 5.69 Å². The Balaban J connectivity index is 1.35. The molecule has 0 spiro atoms. The van der Waals surface area contributed by atoms with E-state index in [1.54, 1.807) is 10.6 Å². The summed E-state index contributed by atoms with van der Waals surface area (Å²) in [6, 6.07) is 22.3. The topological polar surface area (TPSA) is 57.6 Å². The van der Waals surface area contributed by atoms with Gasteiger partial charge in [0.25, 0.3) is 5.91 Å². The van der Waals surface area contributed by atoms with Crippen molar-refractivity contribution in [2.45, 2.75) is 0 Å². The van der Waals surface area contributed by atoms with E-state index in [0.29, 0.717) is 18.8 Å². The fraction of sp³-hybridized carbons (Fsp3) is 0.250. The average Bonchev–Trinajstić information content (AvgIpc) is 3.24. The summed E-state index contributed by atoms with van der Waals surface area (Å²) in [6.45, 7) is 2.83. The van der Waals surface area contributed by atoms with Gasteiger partial charge < -0.3 is 19.7 Å². The smallest absolute Gasteiger partial charge is 0.268 e. The van der Waals surface area contributed by atoms with Crippen LogP contribution in [-0.2, 0) is 11.8 Å². The lowest BCUT2D eigenvalue weighted by Crippen LogP contribution is -2.51. The molecule has 2 amide bonds. The Morgan fingerprint density at radius 3 is 2.27 bits per heavy atom. The number of carbonyl (C=O) groups is 2. The molecule has 1 saturated heterocycles. The molecule has 1 N–H and O–H groups in total. The van der Waals surface area contributed by atoms with Gasteiger partial charge in [0.2, 0.25) is 5.91 Å². The van der Waals surface area contributed by atoms with Crippen LogP contribution in [-0.4, -0.2) is 54.0 Å². The number of aryl methyl sites for hydroxylation is 1. The zero-order chi connectivity index (χ0) is 20.9. The van der Waals surface area contributed by atoms with E-state index in [-0.39, 0.29) is 18.4 Å². The highest BCUT2D eigenvalue weighted by Gasteiger charge is 2.23. The van der Waals surface area contributed by atoms with Crippen LogP contribution >= 0.6 is 0 Å². The van der Waals surface area contributed by atoms with E-state index in [9.17, 15) is 9.59 Å². The second-order valence-electron chi connectivity index (χ2n) is 7.44. The van der Waals surface area contributed by atoms with Crippen LogP contribution in [0, 0.1) is 0 Å². The number of hydrogen-bond donors (Lipinski definition) is 1. The maximum Gasteiger partial charge on any atom is 0.268 e. The second kappa shape index (κ2) is 8.86. The quantitative estimate of drug-likeness (QED) is 0.714. The monoisotopic (exact) mass is 402 g/mol. The largest absolute Gasteiger partial charge is 0.367 e. The van der Waals surface area contributed by atoms with Crippen molar-refractivity contribution in [2.75, 3.05) is 37.6 Å². The SMILES string of the molecule is Cn1cccc1C(=O)NCC(=O)N1CCN(c2ccccc2-c2ccccc2)CC1. The van der Waals surface area contributed by atoms with E-state index in [0.717, 1.165) is 13.1 Å². The van der Waals surface area contributed by atoms with Crippen LogP contribution in [0.1, 0.15) is 10.5 Å². The number of rotatable bonds is 5. The number of nitrogens with zero attached hydrogens (tertiary/aromatic N) is 3. The average molecular weight is 402 g/mol. The lowest BCUT2D eigenvalue weighted by atomic mass is 10.0. The van der Waals surface area contributed by atoms with Gasteiger partial charge in [-0.15, -0.1) is 0 Å². The van der Waals surface area contributed by atoms with Crippen LogP contribution in [0.15, 0.2) is 72.9 Å². The number of amides is 2. The molecule has 3 aromatic rings. The lowest BCUT2D eigenvalue weighted by Gasteiger charge is -2.37. The van der Waals surface area contributed by atoms with Crippen LogP contribution in [0.2, 0.25) is 0 Å². The van der Waals surface area contributed by atoms with Crippen LogP contribution in [0.25, 0.3) is 11.1 Å². The molecule has 6 heteroatoms. The molecule has 0 atom stereocenters. The number of anilines is 1. The maximum absolute atomic E-state index is 12.6. The van der Waals surface area contributed by atoms with Crippen molar-refractivity contribution >= 4 is 17.5 Å². The first-order chi connectivity index (χ1) is 14.6. The van der Waals surface area contributed by atoms with Crippen LogP contribution < -0.4 is 10.2 Å². The van der Waals surface area contributed by atoms with Gasteiger partial charge in [0.15, 0.2) is 0 Å². The minimum absolute atomic E-state index is 0.0185. The summed E-state index contributed by atoms with van der Waals surface area (Å²) in [5.74, 6) is -0.278. The van der Waals surface area contributed by atoms with Gasteiger partial charge in [-0.05, 0) is 23.8 Å². The van der Waals surface area contributed by atoms with E-state index < -0.39 is 0 Å². The first-order valence-electron chi connectivity index (χ1n) is 10.2. The number of aromatic nitrogens is 1. The molecule has 0 bridgehead atoms. The van der Waals surface area contributed by atoms with E-state index in [1.807, 2.05) is 42.4 Å². The molecule has 1 fully saturated rings. The molecule has 0 unspecified atom stereocenters. The summed E-state index contributed by atoms with van der Waals surface area (Å²) >= 11 is 0. The third-order valence-electron chi connectivity index (χ3n) is 5.54. The Hall–Kier alpha value is -3.54. The summed E-state index contributed by atoms with van der Waals surface area (Å²) in [7, 11) is 1.81. The molecular weight excluding hydrogens is 376 g/mol. The van der Waals surface area contributed by atoms with Crippen molar-refractivity contribution in [2.24, 2.45) is 7.05 Å². The maximum atomic E-state index is 12.6. The molecule has 6 nitrogen and oxygen atoms in total. The highest BCUT2D eigenvalue weighted by Crippen LogP contribution is 2.31. The number of hydrogen-bond acceptors (Lipinski definition) is 3. The Bertz CT molecular complexity index is 1020. The van der Waals surface area contributed by atoms with Gasteiger partial charge in [0, 0.05) is 50.7 Å². The molecule has 2 aromatic carbocycles. The number of nitrogens with one attached hydrogen (secondary N) is 1. The molecule has 0 saturated carbocycles. The van der Waals surface area contributed by atoms with Crippen LogP contribution in [0.3, 0.4) is 0 Å². The molecule has 154 valence electrons. The first kappa shape index (κ1) is 19.8. The van der Waals surface area contributed by atoms with Gasteiger partial charge in [-0.3, -0.25) is 9.59 Å². The highest BCUT2D eigenvalue weighted by molar-refractivity contribution is 5.95. The molecule has 1 aromatic heterocycles. The van der Waals surface area contributed by atoms with Gasteiger partial charge in [0.05, 0.1) is 6.54 Å². The third-order valence-corrected chi connectivity index (χ3v) is 5.54. The van der Waals surface area contributed by atoms with Gasteiger partial charge in [-0.25, -0.2) is 0 Å². The van der Waals surface area contributed by atoms with Crippen molar-refractivity contribution in [3.63, 3.8) is 0 Å². The van der Waals surface area contributed by atoms with Gasteiger partial charge >= 0.3 is 0 Å². The van der Waals surface area contributed by atoms with Crippen molar-refractivity contribution in [1.82, 2.24) is 14.8 Å². The molecule has 1 aliphatic heterocycles. The molecular formula is C24H26N4O2. The number of piperazine rings is 1. The zero-order valence-corrected chi connectivity index (χ0v) is 17.1. The molecule has 30 heavy (non-hydrogen) atoms. The molecule has 1 aliphatic rings. The van der Waals surface area contributed by atoms with Gasteiger partial charge in [-0.2, -0.15) is 0 Å². The standard InChI is InChI=1S/C24H26N4O2/c1-26-13-7-12-22(26)24(30)25-18-23(29)28-16-14-27(15-17-28)21-11-6-5-10-20(21)19-8-3-2-4-9-19/h2-13H,14-18H2,1H3,(H,25,30). The lowest BCUT2D eigenvalue weighted by molar-refractivity contribution is -0.130. The van der Waals surface area contributed by atoms with Crippen molar-refractivity contribution < 1.29 is 9.59 Å². The van der Waals surface area contributed by atoms with E-state index >= 15 is 0 Å². The molecule has 0 radical (unpaired) electrons. The normalized spacial score (nSPS) is 13.9. The highest BCUT2D eigenvalue weighted by atomic mass is 16.2. The molecule has 2 heterocycles. The Morgan fingerprint density at radius 1 is 0.867 bits per heavy atom. The summed E-state index contributed by atoms with van der Waals surface area (Å²) in [4.78, 5) is 28.9. The summed E-state index contributed by atoms with van der Waals surface area (Å²) in [5.41, 5.74) is 4.13. The van der Waals surface area contributed by atoms with E-state index in [1.165, 1.54) is 16.8 Å². The van der Waals surface area contributed by atoms with Crippen molar-refractivity contribution in [1.29, 1.82) is 0 Å². The molecule has 4 rings (SSSR count). The number of benzene rings is 2. The van der Waals surface area contributed by atoms with Crippen LogP contribution in [0.5, 0.6) is 0 Å². The minimum atomic E-state index is -0.230. The van der Waals surface area contributed by atoms with Crippen molar-refractivity contribution in [3.8, 4) is 11.1 Å². The van der Waals surface area contributed by atoms with E-state index in [4.69, 9.17) is 0 Å². The fourth-order valence-electron chi connectivity index (χ4n) is 3.86. The van der Waals surface area contributed by atoms with Crippen LogP contribution in [0.4, 0.5) is 5.69 Å². The predicted molar refractivity (Wildman–Crippen MR) is 118 cm³/mol. The Labute approximate surface area is 176 Å². The summed E-state index contributed by atoms with van der Waals surface area (Å²) < 4.78 is 1.74. The fourth-order valence-corrected chi connectivity index (χ4v) is 3.86. The summed E-state index contributed by atoms with van der Waals surface area (Å²) in [5, 5.41) is 2.73. The molecule has 0 aliphatic carbocycles. The summed E-state index contributed by atoms with van der Waals surface area (Å²) in [6.07, 6.45) is 1.81. The Morgan fingerprint density at radius 2 is 1.57 bits per heavy atom. The van der Waals surface area contributed by atoms with Crippen molar-refractivity contribution in [3.05, 3.63) is 78.6 Å². The van der Waals surface area contributed by atoms with E-state index in [2.05, 4.69) is 46.6 Å². The third kappa shape index (κ3) is 4.22. The minimum Gasteiger partial charge on any atom is -0.367 e. The number of carbonyl (C=O) groups excluding carboxylic acids is 2. The number of para-hydroxylation sites is 1. The zero-order valence-electron chi connectivity index (χ0n) is 17.1. The Kier molecular flexibility index (Phi) is 5.84. The predicted octanol–water partition coefficient (Wildman–Crippen LogP) is 2.77. The first-order valence-corrected chi connectivity index (χ1v) is 10.2. The van der Waals surface area contributed by atoms with Gasteiger partial charge in [-0.1, -0.05) is 48.5 Å².